The molecule has 0 aliphatic heterocycles. The van der Waals surface area contributed by atoms with Gasteiger partial charge in [0.2, 0.25) is 0 Å². The Kier molecular flexibility index (Phi) is 12.1. The molecule has 1 fully saturated rings. The summed E-state index contributed by atoms with van der Waals surface area (Å²) in [6.07, 6.45) is -1.11. The smallest absolute Gasteiger partial charge is 0.396 e. The number of aromatic nitrogens is 2. The molecule has 1 saturated carbocycles. The first-order valence-corrected chi connectivity index (χ1v) is 15.5. The lowest BCUT2D eigenvalue weighted by Gasteiger charge is -2.24. The number of hydrogen-bond acceptors (Lipinski definition) is 6. The Balaban J connectivity index is 1.45. The molecule has 0 saturated heterocycles. The van der Waals surface area contributed by atoms with Crippen LogP contribution >= 0.6 is 0 Å². The van der Waals surface area contributed by atoms with E-state index in [1.54, 1.807) is 6.07 Å². The molecule has 0 spiro atoms. The van der Waals surface area contributed by atoms with Crippen molar-refractivity contribution in [1.29, 1.82) is 0 Å². The summed E-state index contributed by atoms with van der Waals surface area (Å²) in [5.41, 5.74) is 0.911. The molecule has 0 unspecified atom stereocenters. The second-order valence-electron chi connectivity index (χ2n) is 11.4. The third kappa shape index (κ3) is 9.87. The van der Waals surface area contributed by atoms with Crippen LogP contribution in [0, 0.1) is 0 Å². The van der Waals surface area contributed by atoms with E-state index in [9.17, 15) is 27.9 Å². The van der Waals surface area contributed by atoms with E-state index < -0.39 is 29.8 Å². The number of amides is 2. The van der Waals surface area contributed by atoms with Crippen molar-refractivity contribution in [1.82, 2.24) is 25.3 Å². The van der Waals surface area contributed by atoms with Crippen LogP contribution < -0.4 is 10.6 Å². The summed E-state index contributed by atoms with van der Waals surface area (Å²) >= 11 is 0. The first-order chi connectivity index (χ1) is 21.6. The molecule has 12 heteroatoms. The van der Waals surface area contributed by atoms with Gasteiger partial charge in [0.15, 0.2) is 5.69 Å². The molecule has 2 atom stereocenters. The fourth-order valence-electron chi connectivity index (χ4n) is 5.25. The number of nitrogens with one attached hydrogen (secondary N) is 2. The summed E-state index contributed by atoms with van der Waals surface area (Å²) in [5, 5.41) is 30.5. The number of rotatable bonds is 17. The molecule has 4 rings (SSSR count). The van der Waals surface area contributed by atoms with Crippen LogP contribution in [0.1, 0.15) is 76.7 Å². The van der Waals surface area contributed by atoms with Gasteiger partial charge in [-0.1, -0.05) is 48.5 Å². The number of nitrogens with zero attached hydrogens (tertiary/aromatic N) is 3. The standard InChI is InChI=1S/C33H42F3N5O4/c1-2-41-29(32(45)40(26-14-15-26)16-7-4-8-17-42)20-28(39-41)31(44)38-27(19-23-10-5-3-6-11-23)30(43)22-37-21-24-12-9-13-25(18-24)33(34,35)36/h3,5-6,9-13,18,20,26-27,30,37,42-43H,2,4,7-8,14-17,19,21-22H2,1H3,(H,38,44)/t27-,30+/m0/s1. The molecule has 0 bridgehead atoms. The zero-order valence-corrected chi connectivity index (χ0v) is 25.5. The van der Waals surface area contributed by atoms with Crippen LogP contribution in [0.5, 0.6) is 0 Å². The number of aliphatic hydroxyl groups is 2. The van der Waals surface area contributed by atoms with E-state index in [4.69, 9.17) is 5.11 Å². The van der Waals surface area contributed by atoms with Gasteiger partial charge in [0, 0.05) is 44.9 Å². The third-order valence-corrected chi connectivity index (χ3v) is 7.85. The quantitative estimate of drug-likeness (QED) is 0.167. The molecule has 9 nitrogen and oxygen atoms in total. The van der Waals surface area contributed by atoms with Crippen molar-refractivity contribution < 1.29 is 33.0 Å². The maximum atomic E-state index is 13.6. The lowest BCUT2D eigenvalue weighted by atomic mass is 10.0. The number of alkyl halides is 3. The minimum Gasteiger partial charge on any atom is -0.396 e. The summed E-state index contributed by atoms with van der Waals surface area (Å²) in [4.78, 5) is 28.9. The highest BCUT2D eigenvalue weighted by Crippen LogP contribution is 2.30. The molecular weight excluding hydrogens is 587 g/mol. The summed E-state index contributed by atoms with van der Waals surface area (Å²) in [5.74, 6) is -0.732. The number of carbonyl (C=O) groups is 2. The van der Waals surface area contributed by atoms with Crippen molar-refractivity contribution >= 4 is 11.8 Å². The molecule has 1 aliphatic rings. The molecule has 2 amide bonds. The lowest BCUT2D eigenvalue weighted by molar-refractivity contribution is -0.137. The summed E-state index contributed by atoms with van der Waals surface area (Å²) in [6.45, 7) is 3.01. The van der Waals surface area contributed by atoms with Gasteiger partial charge in [-0.05, 0) is 62.6 Å². The Hall–Kier alpha value is -3.74. The number of benzene rings is 2. The van der Waals surface area contributed by atoms with Gasteiger partial charge < -0.3 is 25.7 Å². The first-order valence-electron chi connectivity index (χ1n) is 15.5. The van der Waals surface area contributed by atoms with E-state index in [0.717, 1.165) is 43.4 Å². The van der Waals surface area contributed by atoms with E-state index >= 15 is 0 Å². The van der Waals surface area contributed by atoms with Crippen LogP contribution in [-0.2, 0) is 25.7 Å². The zero-order chi connectivity index (χ0) is 32.4. The molecule has 4 N–H and O–H groups in total. The van der Waals surface area contributed by atoms with Gasteiger partial charge in [-0.2, -0.15) is 18.3 Å². The first kappa shape index (κ1) is 34.1. The van der Waals surface area contributed by atoms with Gasteiger partial charge in [-0.15, -0.1) is 0 Å². The maximum absolute atomic E-state index is 13.6. The number of aliphatic hydroxyl groups excluding tert-OH is 2. The Bertz CT molecular complexity index is 1390. The van der Waals surface area contributed by atoms with Gasteiger partial charge in [0.25, 0.3) is 11.8 Å². The lowest BCUT2D eigenvalue weighted by Crippen LogP contribution is -2.48. The molecule has 244 valence electrons. The number of aryl methyl sites for hydroxylation is 1. The van der Waals surface area contributed by atoms with Gasteiger partial charge >= 0.3 is 6.18 Å². The number of hydrogen-bond donors (Lipinski definition) is 4. The molecule has 3 aromatic rings. The minimum absolute atomic E-state index is 0.00773. The number of unbranched alkanes of at least 4 members (excludes halogenated alkanes) is 2. The Morgan fingerprint density at radius 2 is 1.78 bits per heavy atom. The van der Waals surface area contributed by atoms with Crippen molar-refractivity contribution in [2.24, 2.45) is 0 Å². The fourth-order valence-corrected chi connectivity index (χ4v) is 5.25. The topological polar surface area (TPSA) is 120 Å². The van der Waals surface area contributed by atoms with Gasteiger partial charge in [0.1, 0.15) is 5.69 Å². The summed E-state index contributed by atoms with van der Waals surface area (Å²) < 4.78 is 40.8. The van der Waals surface area contributed by atoms with Crippen LogP contribution in [0.2, 0.25) is 0 Å². The molecule has 45 heavy (non-hydrogen) atoms. The van der Waals surface area contributed by atoms with E-state index in [1.807, 2.05) is 42.2 Å². The number of carbonyl (C=O) groups excluding carboxylic acids is 2. The molecule has 1 aromatic heterocycles. The summed E-state index contributed by atoms with van der Waals surface area (Å²) in [6, 6.07) is 15.2. The predicted molar refractivity (Wildman–Crippen MR) is 163 cm³/mol. The van der Waals surface area contributed by atoms with Crippen molar-refractivity contribution in [2.75, 3.05) is 19.7 Å². The number of halogens is 3. The third-order valence-electron chi connectivity index (χ3n) is 7.85. The van der Waals surface area contributed by atoms with Crippen molar-refractivity contribution in [3.8, 4) is 0 Å². The highest BCUT2D eigenvalue weighted by Gasteiger charge is 2.35. The Morgan fingerprint density at radius 1 is 1.04 bits per heavy atom. The van der Waals surface area contributed by atoms with Gasteiger partial charge in [0.05, 0.1) is 17.7 Å². The largest absolute Gasteiger partial charge is 0.416 e. The van der Waals surface area contributed by atoms with Crippen molar-refractivity contribution in [2.45, 2.75) is 82.9 Å². The Morgan fingerprint density at radius 3 is 2.44 bits per heavy atom. The highest BCUT2D eigenvalue weighted by molar-refractivity contribution is 5.98. The minimum atomic E-state index is -4.45. The van der Waals surface area contributed by atoms with E-state index in [0.29, 0.717) is 37.2 Å². The van der Waals surface area contributed by atoms with Crippen molar-refractivity contribution in [3.05, 3.63) is 88.7 Å². The normalized spacial score (nSPS) is 14.6. The van der Waals surface area contributed by atoms with Crippen molar-refractivity contribution in [3.63, 3.8) is 0 Å². The second kappa shape index (κ2) is 16.0. The van der Waals surface area contributed by atoms with Gasteiger partial charge in [-0.3, -0.25) is 14.3 Å². The zero-order valence-electron chi connectivity index (χ0n) is 25.5. The average molecular weight is 630 g/mol. The Labute approximate surface area is 261 Å². The van der Waals surface area contributed by atoms with Crippen LogP contribution in [-0.4, -0.2) is 74.6 Å². The molecule has 1 heterocycles. The van der Waals surface area contributed by atoms with E-state index in [-0.39, 0.29) is 37.3 Å². The second-order valence-corrected chi connectivity index (χ2v) is 11.4. The van der Waals surface area contributed by atoms with E-state index in [2.05, 4.69) is 15.7 Å². The van der Waals surface area contributed by atoms with Crippen LogP contribution in [0.3, 0.4) is 0 Å². The predicted octanol–water partition coefficient (Wildman–Crippen LogP) is 4.18. The summed E-state index contributed by atoms with van der Waals surface area (Å²) in [7, 11) is 0. The molecule has 2 aromatic carbocycles. The SMILES string of the molecule is CCn1nc(C(=O)N[C@@H](Cc2ccccc2)[C@H](O)CNCc2cccc(C(F)(F)F)c2)cc1C(=O)N(CCCCCO)C1CC1. The molecule has 0 radical (unpaired) electrons. The van der Waals surface area contributed by atoms with Crippen LogP contribution in [0.15, 0.2) is 60.7 Å². The maximum Gasteiger partial charge on any atom is 0.416 e. The fraction of sp³-hybridized carbons (Fsp3) is 0.485. The van der Waals surface area contributed by atoms with Crippen LogP contribution in [0.25, 0.3) is 0 Å². The van der Waals surface area contributed by atoms with Gasteiger partial charge in [-0.25, -0.2) is 0 Å². The van der Waals surface area contributed by atoms with Crippen LogP contribution in [0.4, 0.5) is 13.2 Å². The highest BCUT2D eigenvalue weighted by atomic mass is 19.4. The van der Waals surface area contributed by atoms with E-state index in [1.165, 1.54) is 16.8 Å². The molecule has 1 aliphatic carbocycles. The molecular formula is C33H42F3N5O4. The average Bonchev–Trinajstić information content (AvgIpc) is 3.77. The monoisotopic (exact) mass is 629 g/mol.